The van der Waals surface area contributed by atoms with Gasteiger partial charge in [-0.25, -0.2) is 4.79 Å². The van der Waals surface area contributed by atoms with Gasteiger partial charge >= 0.3 is 5.97 Å². The van der Waals surface area contributed by atoms with Gasteiger partial charge in [0, 0.05) is 12.1 Å². The molecule has 118 valence electrons. The number of benzene rings is 1. The standard InChI is InChI=1S/C18H23NO3/c1-2-22-18(21)13-5-7-16(8-6-13)19-17(20)11-15-10-12-3-4-14(15)9-12/h5-8,12,14-15H,2-4,9-11H2,1H3,(H,19,20)/t12-,14-,15+/m1/s1. The van der Waals surface area contributed by atoms with Crippen LogP contribution in [0.2, 0.25) is 0 Å². The van der Waals surface area contributed by atoms with Crippen LogP contribution in [0.15, 0.2) is 24.3 Å². The Balaban J connectivity index is 1.52. The highest BCUT2D eigenvalue weighted by molar-refractivity contribution is 5.93. The number of carbonyl (C=O) groups is 2. The van der Waals surface area contributed by atoms with E-state index in [1.165, 1.54) is 25.7 Å². The van der Waals surface area contributed by atoms with E-state index in [1.54, 1.807) is 31.2 Å². The third kappa shape index (κ3) is 3.32. The Morgan fingerprint density at radius 2 is 1.95 bits per heavy atom. The topological polar surface area (TPSA) is 55.4 Å². The zero-order valence-electron chi connectivity index (χ0n) is 13.0. The van der Waals surface area contributed by atoms with Gasteiger partial charge in [-0.05, 0) is 68.2 Å². The molecule has 0 heterocycles. The number of amides is 1. The average Bonchev–Trinajstić information content (AvgIpc) is 3.10. The predicted octanol–water partition coefficient (Wildman–Crippen LogP) is 3.63. The normalized spacial score (nSPS) is 26.0. The van der Waals surface area contributed by atoms with E-state index < -0.39 is 0 Å². The van der Waals surface area contributed by atoms with Crippen LogP contribution in [0.4, 0.5) is 5.69 Å². The second-order valence-corrected chi connectivity index (χ2v) is 6.49. The molecule has 1 amide bonds. The fourth-order valence-electron chi connectivity index (χ4n) is 3.98. The van der Waals surface area contributed by atoms with Crippen LogP contribution in [0, 0.1) is 17.8 Å². The van der Waals surface area contributed by atoms with Crippen LogP contribution in [0.3, 0.4) is 0 Å². The first kappa shape index (κ1) is 15.1. The lowest BCUT2D eigenvalue weighted by Crippen LogP contribution is -2.20. The first-order valence-electron chi connectivity index (χ1n) is 8.22. The molecule has 0 aromatic heterocycles. The van der Waals surface area contributed by atoms with Crippen molar-refractivity contribution < 1.29 is 14.3 Å². The monoisotopic (exact) mass is 301 g/mol. The summed E-state index contributed by atoms with van der Waals surface area (Å²) in [6, 6.07) is 6.88. The molecule has 0 radical (unpaired) electrons. The van der Waals surface area contributed by atoms with Gasteiger partial charge < -0.3 is 10.1 Å². The molecule has 2 saturated carbocycles. The molecule has 1 N–H and O–H groups in total. The van der Waals surface area contributed by atoms with Gasteiger partial charge in [-0.1, -0.05) is 6.42 Å². The molecule has 1 aromatic carbocycles. The minimum atomic E-state index is -0.331. The van der Waals surface area contributed by atoms with Gasteiger partial charge in [0.2, 0.25) is 5.91 Å². The van der Waals surface area contributed by atoms with E-state index in [1.807, 2.05) is 0 Å². The number of fused-ring (bicyclic) bond motifs is 2. The smallest absolute Gasteiger partial charge is 0.338 e. The molecule has 0 saturated heterocycles. The lowest BCUT2D eigenvalue weighted by Gasteiger charge is -2.20. The SMILES string of the molecule is CCOC(=O)c1ccc(NC(=O)C[C@@H]2C[C@@H]3CC[C@@H]2C3)cc1. The molecule has 0 spiro atoms. The van der Waals surface area contributed by atoms with Crippen molar-refractivity contribution in [3.05, 3.63) is 29.8 Å². The van der Waals surface area contributed by atoms with Crippen LogP contribution in [0.1, 0.15) is 49.4 Å². The van der Waals surface area contributed by atoms with Gasteiger partial charge in [0.1, 0.15) is 0 Å². The highest BCUT2D eigenvalue weighted by Crippen LogP contribution is 2.49. The fraction of sp³-hybridized carbons (Fsp3) is 0.556. The second-order valence-electron chi connectivity index (χ2n) is 6.49. The van der Waals surface area contributed by atoms with Crippen molar-refractivity contribution in [2.75, 3.05) is 11.9 Å². The van der Waals surface area contributed by atoms with E-state index in [2.05, 4.69) is 5.32 Å². The Kier molecular flexibility index (Phi) is 4.46. The number of hydrogen-bond acceptors (Lipinski definition) is 3. The lowest BCUT2D eigenvalue weighted by molar-refractivity contribution is -0.117. The van der Waals surface area contributed by atoms with Gasteiger partial charge in [-0.3, -0.25) is 4.79 Å². The summed E-state index contributed by atoms with van der Waals surface area (Å²) in [7, 11) is 0. The van der Waals surface area contributed by atoms with Gasteiger partial charge in [0.25, 0.3) is 0 Å². The van der Waals surface area contributed by atoms with Gasteiger partial charge in [0.05, 0.1) is 12.2 Å². The number of nitrogens with one attached hydrogen (secondary N) is 1. The maximum absolute atomic E-state index is 12.2. The first-order chi connectivity index (χ1) is 10.7. The summed E-state index contributed by atoms with van der Waals surface area (Å²) in [6.45, 7) is 2.14. The second kappa shape index (κ2) is 6.51. The van der Waals surface area contributed by atoms with Gasteiger partial charge in [-0.15, -0.1) is 0 Å². The highest BCUT2D eigenvalue weighted by atomic mass is 16.5. The van der Waals surface area contributed by atoms with E-state index in [-0.39, 0.29) is 11.9 Å². The number of anilines is 1. The molecule has 2 aliphatic rings. The van der Waals surface area contributed by atoms with E-state index >= 15 is 0 Å². The molecule has 3 rings (SSSR count). The first-order valence-corrected chi connectivity index (χ1v) is 8.22. The molecule has 1 aromatic rings. The van der Waals surface area contributed by atoms with Crippen LogP contribution >= 0.6 is 0 Å². The molecule has 4 nitrogen and oxygen atoms in total. The minimum Gasteiger partial charge on any atom is -0.462 e. The summed E-state index contributed by atoms with van der Waals surface area (Å²) < 4.78 is 4.94. The van der Waals surface area contributed by atoms with Crippen LogP contribution in [-0.4, -0.2) is 18.5 Å². The van der Waals surface area contributed by atoms with Crippen molar-refractivity contribution in [2.24, 2.45) is 17.8 Å². The number of rotatable bonds is 5. The molecule has 0 unspecified atom stereocenters. The van der Waals surface area contributed by atoms with Crippen molar-refractivity contribution in [3.8, 4) is 0 Å². The molecule has 4 heteroatoms. The third-order valence-electron chi connectivity index (χ3n) is 5.01. The predicted molar refractivity (Wildman–Crippen MR) is 84.6 cm³/mol. The Labute approximate surface area is 131 Å². The van der Waals surface area contributed by atoms with Gasteiger partial charge in [-0.2, -0.15) is 0 Å². The molecular weight excluding hydrogens is 278 g/mol. The zero-order valence-corrected chi connectivity index (χ0v) is 13.0. The number of esters is 1. The van der Waals surface area contributed by atoms with Crippen LogP contribution in [-0.2, 0) is 9.53 Å². The summed E-state index contributed by atoms with van der Waals surface area (Å²) in [5, 5.41) is 2.94. The molecule has 0 aliphatic heterocycles. The molecule has 22 heavy (non-hydrogen) atoms. The van der Waals surface area contributed by atoms with Crippen molar-refractivity contribution in [1.82, 2.24) is 0 Å². The number of hydrogen-bond donors (Lipinski definition) is 1. The van der Waals surface area contributed by atoms with E-state index in [9.17, 15) is 9.59 Å². The Hall–Kier alpha value is -1.84. The van der Waals surface area contributed by atoms with Crippen molar-refractivity contribution in [2.45, 2.75) is 39.0 Å². The summed E-state index contributed by atoms with van der Waals surface area (Å²) in [4.78, 5) is 23.7. The van der Waals surface area contributed by atoms with Crippen LogP contribution in [0.5, 0.6) is 0 Å². The summed E-state index contributed by atoms with van der Waals surface area (Å²) >= 11 is 0. The number of carbonyl (C=O) groups excluding carboxylic acids is 2. The number of ether oxygens (including phenoxy) is 1. The fourth-order valence-corrected chi connectivity index (χ4v) is 3.98. The summed E-state index contributed by atoms with van der Waals surface area (Å²) in [5.74, 6) is 1.95. The zero-order chi connectivity index (χ0) is 15.5. The van der Waals surface area contributed by atoms with E-state index in [4.69, 9.17) is 4.74 Å². The van der Waals surface area contributed by atoms with Crippen LogP contribution < -0.4 is 5.32 Å². The van der Waals surface area contributed by atoms with E-state index in [0.717, 1.165) is 17.5 Å². The maximum atomic E-state index is 12.2. The molecule has 2 aliphatic carbocycles. The highest BCUT2D eigenvalue weighted by Gasteiger charge is 2.40. The Bertz CT molecular complexity index is 552. The molecule has 2 fully saturated rings. The Morgan fingerprint density at radius 3 is 2.55 bits per heavy atom. The van der Waals surface area contributed by atoms with Crippen LogP contribution in [0.25, 0.3) is 0 Å². The van der Waals surface area contributed by atoms with E-state index in [0.29, 0.717) is 24.5 Å². The Morgan fingerprint density at radius 1 is 1.18 bits per heavy atom. The minimum absolute atomic E-state index is 0.0847. The van der Waals surface area contributed by atoms with Crippen molar-refractivity contribution >= 4 is 17.6 Å². The maximum Gasteiger partial charge on any atom is 0.338 e. The lowest BCUT2D eigenvalue weighted by atomic mass is 9.86. The third-order valence-corrected chi connectivity index (χ3v) is 5.01. The van der Waals surface area contributed by atoms with Crippen molar-refractivity contribution in [3.63, 3.8) is 0 Å². The molecular formula is C18H23NO3. The van der Waals surface area contributed by atoms with Crippen molar-refractivity contribution in [1.29, 1.82) is 0 Å². The van der Waals surface area contributed by atoms with Gasteiger partial charge in [0.15, 0.2) is 0 Å². The quantitative estimate of drug-likeness (QED) is 0.845. The molecule has 3 atom stereocenters. The summed E-state index contributed by atoms with van der Waals surface area (Å²) in [5.41, 5.74) is 1.24. The summed E-state index contributed by atoms with van der Waals surface area (Å²) in [6.07, 6.45) is 5.84. The largest absolute Gasteiger partial charge is 0.462 e. The average molecular weight is 301 g/mol. The molecule has 2 bridgehead atoms.